The lowest BCUT2D eigenvalue weighted by atomic mass is 10.2. The molecule has 0 unspecified atom stereocenters. The number of aryl methyl sites for hydroxylation is 1. The maximum Gasteiger partial charge on any atom is 0.272 e. The summed E-state index contributed by atoms with van der Waals surface area (Å²) < 4.78 is 26.4. The number of thioether (sulfide) groups is 1. The Hall–Kier alpha value is -1.87. The fourth-order valence-electron chi connectivity index (χ4n) is 2.67. The molecule has 0 radical (unpaired) electrons. The molecule has 0 fully saturated rings. The first-order chi connectivity index (χ1) is 13.8. The Bertz CT molecular complexity index is 1260. The molecule has 29 heavy (non-hydrogen) atoms. The molecule has 0 spiro atoms. The summed E-state index contributed by atoms with van der Waals surface area (Å²) in [6.45, 7) is 0.666. The van der Waals surface area contributed by atoms with Crippen molar-refractivity contribution in [3.63, 3.8) is 0 Å². The molecule has 3 aromatic rings. The molecule has 0 atom stereocenters. The van der Waals surface area contributed by atoms with Crippen molar-refractivity contribution in [2.45, 2.75) is 11.4 Å². The number of sulfone groups is 1. The molecule has 0 saturated carbocycles. The maximum atomic E-state index is 12.4. The van der Waals surface area contributed by atoms with Crippen LogP contribution >= 0.6 is 34.7 Å². The molecule has 0 aliphatic heterocycles. The average Bonchev–Trinajstić information content (AvgIpc) is 3.01. The van der Waals surface area contributed by atoms with Crippen molar-refractivity contribution >= 4 is 66.7 Å². The number of aromatic nitrogens is 1. The maximum absolute atomic E-state index is 12.4. The van der Waals surface area contributed by atoms with Gasteiger partial charge in [0.05, 0.1) is 15.1 Å². The summed E-state index contributed by atoms with van der Waals surface area (Å²) >= 11 is 9.09. The van der Waals surface area contributed by atoms with Crippen molar-refractivity contribution in [2.24, 2.45) is 4.99 Å². The van der Waals surface area contributed by atoms with Gasteiger partial charge < -0.3 is 4.57 Å². The third-order valence-corrected chi connectivity index (χ3v) is 7.20. The van der Waals surface area contributed by atoms with Crippen LogP contribution in [0.5, 0.6) is 0 Å². The Balaban J connectivity index is 2.04. The van der Waals surface area contributed by atoms with E-state index in [1.165, 1.54) is 23.7 Å². The van der Waals surface area contributed by atoms with Crippen LogP contribution in [0.1, 0.15) is 5.56 Å². The molecule has 1 aromatic heterocycles. The van der Waals surface area contributed by atoms with Crippen LogP contribution in [0.3, 0.4) is 0 Å². The van der Waals surface area contributed by atoms with E-state index in [2.05, 4.69) is 4.99 Å². The molecule has 5 nitrogen and oxygen atoms in total. The number of carbonyl (C=O) groups is 1. The van der Waals surface area contributed by atoms with Crippen LogP contribution in [-0.2, 0) is 21.2 Å². The molecule has 3 rings (SSSR count). The second-order valence-corrected chi connectivity index (χ2v) is 10.7. The van der Waals surface area contributed by atoms with Crippen LogP contribution in [0, 0.1) is 0 Å². The van der Waals surface area contributed by atoms with Crippen LogP contribution < -0.4 is 4.80 Å². The minimum atomic E-state index is -3.31. The minimum absolute atomic E-state index is 0.250. The number of amides is 1. The molecule has 0 aliphatic carbocycles. The van der Waals surface area contributed by atoms with Crippen LogP contribution in [0.4, 0.5) is 0 Å². The standard InChI is InChI=1S/C20H19ClN2O3S3/c1-27-12-11-23-17-9-8-15(29(2,25)26)13-18(17)28-20(23)22-19(24)10-7-14-5-3-4-6-16(14)21/h3-10,13H,11-12H2,1-2H3. The van der Waals surface area contributed by atoms with Crippen molar-refractivity contribution < 1.29 is 13.2 Å². The van der Waals surface area contributed by atoms with E-state index >= 15 is 0 Å². The fraction of sp³-hybridized carbons (Fsp3) is 0.200. The molecule has 0 N–H and O–H groups in total. The van der Waals surface area contributed by atoms with Gasteiger partial charge in [-0.15, -0.1) is 0 Å². The Morgan fingerprint density at radius 2 is 2.03 bits per heavy atom. The van der Waals surface area contributed by atoms with E-state index in [-0.39, 0.29) is 4.90 Å². The summed E-state index contributed by atoms with van der Waals surface area (Å²) in [5.74, 6) is 0.439. The highest BCUT2D eigenvalue weighted by molar-refractivity contribution is 7.98. The summed E-state index contributed by atoms with van der Waals surface area (Å²) in [6, 6.07) is 12.2. The lowest BCUT2D eigenvalue weighted by Gasteiger charge is -2.04. The molecule has 0 saturated heterocycles. The smallest absolute Gasteiger partial charge is 0.272 e. The molecular formula is C20H19ClN2O3S3. The van der Waals surface area contributed by atoms with Crippen LogP contribution in [0.25, 0.3) is 16.3 Å². The van der Waals surface area contributed by atoms with E-state index < -0.39 is 15.7 Å². The highest BCUT2D eigenvalue weighted by atomic mass is 35.5. The van der Waals surface area contributed by atoms with Crippen LogP contribution in [0.2, 0.25) is 5.02 Å². The third-order valence-electron chi connectivity index (χ3n) is 4.12. The zero-order valence-electron chi connectivity index (χ0n) is 15.8. The van der Waals surface area contributed by atoms with E-state index in [0.717, 1.165) is 21.5 Å². The topological polar surface area (TPSA) is 68.5 Å². The summed E-state index contributed by atoms with van der Waals surface area (Å²) in [7, 11) is -3.31. The molecule has 1 amide bonds. The number of nitrogens with zero attached hydrogens (tertiary/aromatic N) is 2. The van der Waals surface area contributed by atoms with Crippen LogP contribution in [-0.4, -0.2) is 37.2 Å². The number of hydrogen-bond donors (Lipinski definition) is 0. The van der Waals surface area contributed by atoms with Gasteiger partial charge in [0, 0.05) is 29.7 Å². The number of thiazole rings is 1. The predicted octanol–water partition coefficient (Wildman–Crippen LogP) is 4.26. The molecular weight excluding hydrogens is 448 g/mol. The number of hydrogen-bond acceptors (Lipinski definition) is 5. The van der Waals surface area contributed by atoms with Gasteiger partial charge in [-0.05, 0) is 42.2 Å². The molecule has 9 heteroatoms. The van der Waals surface area contributed by atoms with Gasteiger partial charge in [-0.2, -0.15) is 16.8 Å². The SMILES string of the molecule is CSCCn1c(=NC(=O)C=Cc2ccccc2Cl)sc2cc(S(C)(=O)=O)ccc21. The van der Waals surface area contributed by atoms with Gasteiger partial charge in [-0.3, -0.25) is 4.79 Å². The molecule has 0 aliphatic rings. The first kappa shape index (κ1) is 21.8. The van der Waals surface area contributed by atoms with Gasteiger partial charge in [0.25, 0.3) is 5.91 Å². The summed E-state index contributed by atoms with van der Waals surface area (Å²) in [6.07, 6.45) is 6.20. The zero-order valence-corrected chi connectivity index (χ0v) is 19.0. The van der Waals surface area contributed by atoms with E-state index in [9.17, 15) is 13.2 Å². The molecule has 1 heterocycles. The molecule has 0 bridgehead atoms. The van der Waals surface area contributed by atoms with Gasteiger partial charge in [-0.25, -0.2) is 8.42 Å². The number of rotatable bonds is 6. The predicted molar refractivity (Wildman–Crippen MR) is 122 cm³/mol. The van der Waals surface area contributed by atoms with E-state index in [4.69, 9.17) is 11.6 Å². The zero-order chi connectivity index (χ0) is 21.0. The lowest BCUT2D eigenvalue weighted by Crippen LogP contribution is -2.17. The van der Waals surface area contributed by atoms with Gasteiger partial charge in [-0.1, -0.05) is 41.1 Å². The average molecular weight is 467 g/mol. The van der Waals surface area contributed by atoms with E-state index in [1.54, 1.807) is 42.1 Å². The first-order valence-corrected chi connectivity index (χ1v) is 13.1. The van der Waals surface area contributed by atoms with Gasteiger partial charge in [0.2, 0.25) is 0 Å². The van der Waals surface area contributed by atoms with Crippen molar-refractivity contribution in [1.29, 1.82) is 0 Å². The van der Waals surface area contributed by atoms with E-state index in [0.29, 0.717) is 16.4 Å². The van der Waals surface area contributed by atoms with Gasteiger partial charge in [0.1, 0.15) is 0 Å². The summed E-state index contributed by atoms with van der Waals surface area (Å²) in [5, 5.41) is 0.557. The van der Waals surface area contributed by atoms with Crippen molar-refractivity contribution in [3.05, 3.63) is 63.9 Å². The second kappa shape index (κ2) is 9.30. The van der Waals surface area contributed by atoms with Crippen molar-refractivity contribution in [3.8, 4) is 0 Å². The van der Waals surface area contributed by atoms with Crippen molar-refractivity contribution in [1.82, 2.24) is 4.57 Å². The highest BCUT2D eigenvalue weighted by Crippen LogP contribution is 2.22. The Kier molecular flexibility index (Phi) is 7.00. The summed E-state index contributed by atoms with van der Waals surface area (Å²) in [5.41, 5.74) is 1.60. The van der Waals surface area contributed by atoms with Crippen molar-refractivity contribution in [2.75, 3.05) is 18.3 Å². The lowest BCUT2D eigenvalue weighted by molar-refractivity contribution is -0.113. The quantitative estimate of drug-likeness (QED) is 0.509. The second-order valence-electron chi connectivity index (χ2n) is 6.24. The highest BCUT2D eigenvalue weighted by Gasteiger charge is 2.12. The first-order valence-electron chi connectivity index (χ1n) is 8.63. The number of carbonyl (C=O) groups excluding carboxylic acids is 1. The van der Waals surface area contributed by atoms with Crippen LogP contribution in [0.15, 0.2) is 58.4 Å². The minimum Gasteiger partial charge on any atom is -0.316 e. The Morgan fingerprint density at radius 1 is 1.28 bits per heavy atom. The molecule has 2 aromatic carbocycles. The van der Waals surface area contributed by atoms with Gasteiger partial charge in [0.15, 0.2) is 14.6 Å². The Morgan fingerprint density at radius 3 is 2.72 bits per heavy atom. The normalized spacial score (nSPS) is 12.9. The van der Waals surface area contributed by atoms with Gasteiger partial charge >= 0.3 is 0 Å². The fourth-order valence-corrected chi connectivity index (χ4v) is 5.06. The van der Waals surface area contributed by atoms with E-state index in [1.807, 2.05) is 29.0 Å². The molecule has 152 valence electrons. The Labute approximate surface area is 182 Å². The third kappa shape index (κ3) is 5.39. The monoisotopic (exact) mass is 466 g/mol. The number of halogens is 1. The number of benzene rings is 2. The largest absolute Gasteiger partial charge is 0.316 e. The summed E-state index contributed by atoms with van der Waals surface area (Å²) in [4.78, 5) is 17.4. The number of fused-ring (bicyclic) bond motifs is 1.